The lowest BCUT2D eigenvalue weighted by Crippen LogP contribution is -1.96. The van der Waals surface area contributed by atoms with Gasteiger partial charge in [0.1, 0.15) is 12.4 Å². The van der Waals surface area contributed by atoms with Crippen LogP contribution in [0.1, 0.15) is 10.4 Å². The number of fused-ring (bicyclic) bond motifs is 1. The van der Waals surface area contributed by atoms with E-state index in [0.717, 1.165) is 16.5 Å². The fourth-order valence-electron chi connectivity index (χ4n) is 1.52. The predicted molar refractivity (Wildman–Crippen MR) is 65.4 cm³/mol. The summed E-state index contributed by atoms with van der Waals surface area (Å²) in [7, 11) is 0. The van der Waals surface area contributed by atoms with Crippen molar-refractivity contribution in [2.75, 3.05) is 6.61 Å². The number of carboxylic acids is 1. The predicted octanol–water partition coefficient (Wildman–Crippen LogP) is 2.90. The maximum Gasteiger partial charge on any atom is 0.336 e. The number of hydrogen-bond acceptors (Lipinski definition) is 2. The Labute approximate surface area is 99.0 Å². The smallest absolute Gasteiger partial charge is 0.336 e. The Morgan fingerprint density at radius 1 is 1.41 bits per heavy atom. The average molecular weight is 227 g/mol. The second kappa shape index (κ2) is 4.70. The Morgan fingerprint density at radius 2 is 2.24 bits per heavy atom. The van der Waals surface area contributed by atoms with E-state index < -0.39 is 5.97 Å². The average Bonchev–Trinajstić information content (AvgIpc) is 2.35. The fourth-order valence-corrected chi connectivity index (χ4v) is 1.52. The molecule has 0 atom stereocenters. The maximum atomic E-state index is 10.8. The zero-order chi connectivity index (χ0) is 12.3. The number of carboxylic acid groups (broad SMARTS) is 1. The first kappa shape index (κ1) is 11.2. The summed E-state index contributed by atoms with van der Waals surface area (Å²) >= 11 is 0. The zero-order valence-electron chi connectivity index (χ0n) is 9.14. The van der Waals surface area contributed by atoms with Gasteiger partial charge in [-0.05, 0) is 29.0 Å². The number of ether oxygens (including phenoxy) is 1. The van der Waals surface area contributed by atoms with Gasteiger partial charge in [0.2, 0.25) is 0 Å². The molecule has 0 aliphatic rings. The largest absolute Gasteiger partial charge is 0.490 e. The Hall–Kier alpha value is -2.29. The maximum absolute atomic E-state index is 10.8. The molecule has 0 aliphatic heterocycles. The van der Waals surface area contributed by atoms with Crippen molar-refractivity contribution in [1.82, 2.24) is 0 Å². The van der Waals surface area contributed by atoms with Crippen molar-refractivity contribution in [2.24, 2.45) is 0 Å². The molecule has 0 saturated heterocycles. The van der Waals surface area contributed by atoms with Crippen LogP contribution >= 0.6 is 0 Å². The molecule has 0 amide bonds. The van der Waals surface area contributed by atoms with E-state index in [4.69, 9.17) is 9.84 Å². The summed E-state index contributed by atoms with van der Waals surface area (Å²) in [5.74, 6) is -0.243. The van der Waals surface area contributed by atoms with Gasteiger partial charge in [0, 0.05) is 6.07 Å². The summed E-state index contributed by atoms with van der Waals surface area (Å²) in [6, 6.07) is 11.5. The molecule has 0 aromatic heterocycles. The number of carbonyl (C=O) groups is 1. The Bertz CT molecular complexity index is 573. The topological polar surface area (TPSA) is 46.5 Å². The SMILES string of the molecule is C=CCOc1ccc2[c]c(C(=O)O)ccc2c1. The summed E-state index contributed by atoms with van der Waals surface area (Å²) < 4.78 is 5.39. The molecule has 3 nitrogen and oxygen atoms in total. The van der Waals surface area contributed by atoms with Crippen LogP contribution in [0.25, 0.3) is 10.8 Å². The number of benzene rings is 2. The number of aromatic carboxylic acids is 1. The third kappa shape index (κ3) is 2.45. The summed E-state index contributed by atoms with van der Waals surface area (Å²) in [6.07, 6.45) is 1.67. The van der Waals surface area contributed by atoms with Gasteiger partial charge in [0.05, 0.1) is 5.56 Å². The fraction of sp³-hybridized carbons (Fsp3) is 0.0714. The Morgan fingerprint density at radius 3 is 2.94 bits per heavy atom. The van der Waals surface area contributed by atoms with Crippen molar-refractivity contribution < 1.29 is 14.6 Å². The van der Waals surface area contributed by atoms with E-state index in [1.54, 1.807) is 24.3 Å². The Balaban J connectivity index is 2.39. The van der Waals surface area contributed by atoms with Crippen LogP contribution in [0.4, 0.5) is 0 Å². The minimum absolute atomic E-state index is 0.164. The van der Waals surface area contributed by atoms with Crippen molar-refractivity contribution in [3.63, 3.8) is 0 Å². The molecule has 2 rings (SSSR count). The van der Waals surface area contributed by atoms with E-state index in [1.807, 2.05) is 6.07 Å². The summed E-state index contributed by atoms with van der Waals surface area (Å²) in [5.41, 5.74) is 0.164. The van der Waals surface area contributed by atoms with Gasteiger partial charge >= 0.3 is 5.97 Å². The van der Waals surface area contributed by atoms with E-state index in [-0.39, 0.29) is 5.56 Å². The monoisotopic (exact) mass is 227 g/mol. The molecule has 0 unspecified atom stereocenters. The highest BCUT2D eigenvalue weighted by molar-refractivity contribution is 5.94. The van der Waals surface area contributed by atoms with Crippen LogP contribution < -0.4 is 4.74 Å². The first-order valence-electron chi connectivity index (χ1n) is 5.14. The first-order valence-corrected chi connectivity index (χ1v) is 5.14. The molecular formula is C14H11O3. The van der Waals surface area contributed by atoms with Gasteiger partial charge in [-0.25, -0.2) is 4.79 Å². The summed E-state index contributed by atoms with van der Waals surface area (Å²) in [6.45, 7) is 4.02. The van der Waals surface area contributed by atoms with Crippen molar-refractivity contribution in [1.29, 1.82) is 0 Å². The van der Waals surface area contributed by atoms with Gasteiger partial charge in [-0.15, -0.1) is 0 Å². The molecule has 0 aliphatic carbocycles. The van der Waals surface area contributed by atoms with E-state index in [2.05, 4.69) is 12.6 Å². The lowest BCUT2D eigenvalue weighted by molar-refractivity contribution is 0.0696. The molecule has 0 heterocycles. The zero-order valence-corrected chi connectivity index (χ0v) is 9.14. The molecule has 85 valence electrons. The minimum atomic E-state index is -0.973. The molecule has 1 radical (unpaired) electrons. The van der Waals surface area contributed by atoms with Crippen molar-refractivity contribution in [2.45, 2.75) is 0 Å². The van der Waals surface area contributed by atoms with E-state index in [0.29, 0.717) is 6.61 Å². The number of rotatable bonds is 4. The van der Waals surface area contributed by atoms with E-state index in [9.17, 15) is 4.79 Å². The molecule has 0 spiro atoms. The lowest BCUT2D eigenvalue weighted by atomic mass is 10.1. The molecule has 0 saturated carbocycles. The quantitative estimate of drug-likeness (QED) is 0.817. The molecule has 0 fully saturated rings. The highest BCUT2D eigenvalue weighted by Gasteiger charge is 2.04. The van der Waals surface area contributed by atoms with Gasteiger partial charge < -0.3 is 9.84 Å². The highest BCUT2D eigenvalue weighted by atomic mass is 16.5. The van der Waals surface area contributed by atoms with Gasteiger partial charge in [-0.3, -0.25) is 0 Å². The third-order valence-corrected chi connectivity index (χ3v) is 2.32. The normalized spacial score (nSPS) is 10.1. The van der Waals surface area contributed by atoms with Crippen LogP contribution in [0, 0.1) is 6.07 Å². The second-order valence-corrected chi connectivity index (χ2v) is 3.53. The van der Waals surface area contributed by atoms with Crippen LogP contribution in [0.3, 0.4) is 0 Å². The van der Waals surface area contributed by atoms with Crippen LogP contribution in [0.2, 0.25) is 0 Å². The molecule has 0 bridgehead atoms. The van der Waals surface area contributed by atoms with Gasteiger partial charge in [-0.2, -0.15) is 0 Å². The summed E-state index contributed by atoms with van der Waals surface area (Å²) in [4.78, 5) is 10.8. The van der Waals surface area contributed by atoms with E-state index >= 15 is 0 Å². The minimum Gasteiger partial charge on any atom is -0.490 e. The second-order valence-electron chi connectivity index (χ2n) is 3.53. The van der Waals surface area contributed by atoms with Crippen LogP contribution in [0.15, 0.2) is 43.0 Å². The Kier molecular flexibility index (Phi) is 3.10. The third-order valence-electron chi connectivity index (χ3n) is 2.32. The van der Waals surface area contributed by atoms with Crippen LogP contribution in [-0.4, -0.2) is 17.7 Å². The molecule has 2 aromatic rings. The van der Waals surface area contributed by atoms with Crippen LogP contribution in [0.5, 0.6) is 5.75 Å². The molecular weight excluding hydrogens is 216 g/mol. The molecule has 1 N–H and O–H groups in total. The summed E-state index contributed by atoms with van der Waals surface area (Å²) in [5, 5.41) is 10.5. The van der Waals surface area contributed by atoms with Crippen molar-refractivity contribution in [3.8, 4) is 5.75 Å². The standard InChI is InChI=1S/C14H11O3/c1-2-7-17-13-6-5-10-8-12(14(15)16)4-3-11(10)9-13/h2-6,9H,1,7H2,(H,15,16). The molecule has 2 aromatic carbocycles. The van der Waals surface area contributed by atoms with Gasteiger partial charge in [-0.1, -0.05) is 24.8 Å². The van der Waals surface area contributed by atoms with E-state index in [1.165, 1.54) is 6.07 Å². The first-order chi connectivity index (χ1) is 8.20. The van der Waals surface area contributed by atoms with Crippen molar-refractivity contribution in [3.05, 3.63) is 54.6 Å². The van der Waals surface area contributed by atoms with Gasteiger partial charge in [0.15, 0.2) is 0 Å². The highest BCUT2D eigenvalue weighted by Crippen LogP contribution is 2.21. The number of hydrogen-bond donors (Lipinski definition) is 1. The van der Waals surface area contributed by atoms with Crippen LogP contribution in [-0.2, 0) is 0 Å². The van der Waals surface area contributed by atoms with Crippen molar-refractivity contribution >= 4 is 16.7 Å². The molecule has 3 heteroatoms. The lowest BCUT2D eigenvalue weighted by Gasteiger charge is -2.05. The van der Waals surface area contributed by atoms with Gasteiger partial charge in [0.25, 0.3) is 0 Å². The molecule has 17 heavy (non-hydrogen) atoms.